The number of rotatable bonds is 6. The van der Waals surface area contributed by atoms with Crippen LogP contribution in [0.15, 0.2) is 63.9 Å². The van der Waals surface area contributed by atoms with Crippen molar-refractivity contribution < 1.29 is 18.3 Å². The Morgan fingerprint density at radius 2 is 1.97 bits per heavy atom. The van der Waals surface area contributed by atoms with E-state index < -0.39 is 5.76 Å². The van der Waals surface area contributed by atoms with E-state index in [4.69, 9.17) is 13.9 Å². The van der Waals surface area contributed by atoms with Gasteiger partial charge in [-0.1, -0.05) is 24.3 Å². The zero-order valence-corrected chi connectivity index (χ0v) is 16.0. The molecule has 0 aliphatic rings. The molecule has 4 aromatic rings. The maximum Gasteiger partial charge on any atom is 0.421 e. The van der Waals surface area contributed by atoms with Gasteiger partial charge in [-0.25, -0.2) is 14.2 Å². The number of benzene rings is 2. The van der Waals surface area contributed by atoms with Crippen LogP contribution in [0.1, 0.15) is 12.5 Å². The standard InChI is InChI=1S/C22H19FN2O4/c1-3-28-19-10-14(8-9-18(19)27-2)13-25-21-20(29-22(25)26)11-15(12-24-21)16-6-4-5-7-17(16)23/h4-12H,3,13H2,1-2H3. The first-order valence-corrected chi connectivity index (χ1v) is 9.14. The van der Waals surface area contributed by atoms with Gasteiger partial charge in [-0.05, 0) is 36.8 Å². The van der Waals surface area contributed by atoms with Gasteiger partial charge in [-0.3, -0.25) is 4.57 Å². The SMILES string of the molecule is CCOc1cc(Cn2c(=O)oc3cc(-c4ccccc4F)cnc32)ccc1OC. The van der Waals surface area contributed by atoms with E-state index in [-0.39, 0.29) is 12.4 Å². The first-order valence-electron chi connectivity index (χ1n) is 9.14. The van der Waals surface area contributed by atoms with Crippen LogP contribution in [-0.2, 0) is 6.54 Å². The Labute approximate surface area is 166 Å². The van der Waals surface area contributed by atoms with Crippen molar-refractivity contribution in [2.45, 2.75) is 13.5 Å². The number of hydrogen-bond acceptors (Lipinski definition) is 5. The second-order valence-corrected chi connectivity index (χ2v) is 6.40. The molecule has 2 heterocycles. The molecule has 148 valence electrons. The summed E-state index contributed by atoms with van der Waals surface area (Å²) >= 11 is 0. The van der Waals surface area contributed by atoms with Crippen LogP contribution >= 0.6 is 0 Å². The summed E-state index contributed by atoms with van der Waals surface area (Å²) in [6.07, 6.45) is 1.53. The van der Waals surface area contributed by atoms with Crippen LogP contribution in [0.2, 0.25) is 0 Å². The zero-order valence-electron chi connectivity index (χ0n) is 16.0. The third-order valence-corrected chi connectivity index (χ3v) is 4.56. The summed E-state index contributed by atoms with van der Waals surface area (Å²) in [4.78, 5) is 16.8. The lowest BCUT2D eigenvalue weighted by atomic mass is 10.1. The van der Waals surface area contributed by atoms with E-state index in [1.807, 2.05) is 19.1 Å². The van der Waals surface area contributed by atoms with Gasteiger partial charge in [-0.2, -0.15) is 0 Å². The van der Waals surface area contributed by atoms with Crippen LogP contribution in [0.3, 0.4) is 0 Å². The molecule has 0 radical (unpaired) electrons. The molecule has 0 atom stereocenters. The van der Waals surface area contributed by atoms with Crippen LogP contribution in [0.5, 0.6) is 11.5 Å². The Morgan fingerprint density at radius 3 is 2.72 bits per heavy atom. The topological polar surface area (TPSA) is 66.5 Å². The fourth-order valence-electron chi connectivity index (χ4n) is 3.20. The summed E-state index contributed by atoms with van der Waals surface area (Å²) in [6.45, 7) is 2.63. The molecule has 0 bridgehead atoms. The van der Waals surface area contributed by atoms with E-state index >= 15 is 0 Å². The van der Waals surface area contributed by atoms with Crippen LogP contribution in [-0.4, -0.2) is 23.3 Å². The molecular formula is C22H19FN2O4. The van der Waals surface area contributed by atoms with E-state index in [0.717, 1.165) is 5.56 Å². The number of nitrogens with zero attached hydrogens (tertiary/aromatic N) is 2. The smallest absolute Gasteiger partial charge is 0.421 e. The van der Waals surface area contributed by atoms with Gasteiger partial charge in [0, 0.05) is 17.3 Å². The number of halogens is 1. The molecule has 2 aromatic carbocycles. The largest absolute Gasteiger partial charge is 0.493 e. The molecule has 0 N–H and O–H groups in total. The van der Waals surface area contributed by atoms with Crippen LogP contribution in [0.4, 0.5) is 4.39 Å². The molecule has 6 nitrogen and oxygen atoms in total. The normalized spacial score (nSPS) is 11.0. The number of oxazole rings is 1. The molecule has 2 aromatic heterocycles. The van der Waals surface area contributed by atoms with Crippen molar-refractivity contribution >= 4 is 11.2 Å². The minimum absolute atomic E-state index is 0.252. The molecule has 0 aliphatic heterocycles. The molecule has 4 rings (SSSR count). The molecule has 0 saturated carbocycles. The lowest BCUT2D eigenvalue weighted by Gasteiger charge is -2.11. The summed E-state index contributed by atoms with van der Waals surface area (Å²) in [5.41, 5.74) is 2.46. The molecule has 0 aliphatic carbocycles. The first-order chi connectivity index (χ1) is 14.1. The molecule has 0 fully saturated rings. The highest BCUT2D eigenvalue weighted by molar-refractivity contribution is 5.76. The van der Waals surface area contributed by atoms with Gasteiger partial charge in [0.1, 0.15) is 5.82 Å². The third kappa shape index (κ3) is 3.59. The molecular weight excluding hydrogens is 375 g/mol. The molecule has 7 heteroatoms. The summed E-state index contributed by atoms with van der Waals surface area (Å²) in [5.74, 6) is 0.319. The number of hydrogen-bond donors (Lipinski definition) is 0. The van der Waals surface area contributed by atoms with Crippen LogP contribution < -0.4 is 15.2 Å². The van der Waals surface area contributed by atoms with Gasteiger partial charge in [0.25, 0.3) is 0 Å². The van der Waals surface area contributed by atoms with Gasteiger partial charge in [0.05, 0.1) is 20.3 Å². The average Bonchev–Trinajstić information content (AvgIpc) is 3.03. The van der Waals surface area contributed by atoms with Gasteiger partial charge in [-0.15, -0.1) is 0 Å². The van der Waals surface area contributed by atoms with Gasteiger partial charge in [0.2, 0.25) is 0 Å². The number of pyridine rings is 1. The van der Waals surface area contributed by atoms with Crippen LogP contribution in [0, 0.1) is 5.82 Å². The molecule has 0 amide bonds. The van der Waals surface area contributed by atoms with Crippen LogP contribution in [0.25, 0.3) is 22.4 Å². The summed E-state index contributed by atoms with van der Waals surface area (Å²) in [5, 5.41) is 0. The van der Waals surface area contributed by atoms with Crippen molar-refractivity contribution in [3.05, 3.63) is 76.7 Å². The monoisotopic (exact) mass is 394 g/mol. The number of fused-ring (bicyclic) bond motifs is 1. The predicted molar refractivity (Wildman–Crippen MR) is 107 cm³/mol. The second-order valence-electron chi connectivity index (χ2n) is 6.40. The van der Waals surface area contributed by atoms with Crippen molar-refractivity contribution in [3.63, 3.8) is 0 Å². The quantitative estimate of drug-likeness (QED) is 0.489. The van der Waals surface area contributed by atoms with E-state index in [0.29, 0.717) is 40.5 Å². The maximum absolute atomic E-state index is 14.1. The van der Waals surface area contributed by atoms with Gasteiger partial charge < -0.3 is 13.9 Å². The Morgan fingerprint density at radius 1 is 1.14 bits per heavy atom. The van der Waals surface area contributed by atoms with E-state index in [9.17, 15) is 9.18 Å². The highest BCUT2D eigenvalue weighted by atomic mass is 19.1. The second kappa shape index (κ2) is 7.79. The number of aromatic nitrogens is 2. The van der Waals surface area contributed by atoms with E-state index in [2.05, 4.69) is 4.98 Å². The van der Waals surface area contributed by atoms with E-state index in [1.165, 1.54) is 16.8 Å². The van der Waals surface area contributed by atoms with Crippen molar-refractivity contribution in [2.24, 2.45) is 0 Å². The zero-order chi connectivity index (χ0) is 20.4. The Kier molecular flexibility index (Phi) is 5.03. The fourth-order valence-corrected chi connectivity index (χ4v) is 3.20. The summed E-state index contributed by atoms with van der Waals surface area (Å²) in [6, 6.07) is 13.5. The number of methoxy groups -OCH3 is 1. The minimum atomic E-state index is -0.535. The van der Waals surface area contributed by atoms with Crippen molar-refractivity contribution in [3.8, 4) is 22.6 Å². The first kappa shape index (κ1) is 18.7. The Hall–Kier alpha value is -3.61. The van der Waals surface area contributed by atoms with E-state index in [1.54, 1.807) is 37.4 Å². The highest BCUT2D eigenvalue weighted by Gasteiger charge is 2.15. The predicted octanol–water partition coefficient (Wildman–Crippen LogP) is 4.25. The number of ether oxygens (including phenoxy) is 2. The Bertz CT molecular complexity index is 1230. The fraction of sp³-hybridized carbons (Fsp3) is 0.182. The maximum atomic E-state index is 14.1. The average molecular weight is 394 g/mol. The van der Waals surface area contributed by atoms with Gasteiger partial charge in [0.15, 0.2) is 22.7 Å². The van der Waals surface area contributed by atoms with Crippen molar-refractivity contribution in [2.75, 3.05) is 13.7 Å². The lowest BCUT2D eigenvalue weighted by molar-refractivity contribution is 0.310. The molecule has 0 saturated heterocycles. The minimum Gasteiger partial charge on any atom is -0.493 e. The summed E-state index contributed by atoms with van der Waals surface area (Å²) in [7, 11) is 1.57. The summed E-state index contributed by atoms with van der Waals surface area (Å²) < 4.78 is 31.7. The molecule has 0 unspecified atom stereocenters. The third-order valence-electron chi connectivity index (χ3n) is 4.56. The molecule has 0 spiro atoms. The van der Waals surface area contributed by atoms with Gasteiger partial charge >= 0.3 is 5.76 Å². The highest BCUT2D eigenvalue weighted by Crippen LogP contribution is 2.29. The van der Waals surface area contributed by atoms with Crippen molar-refractivity contribution in [1.82, 2.24) is 9.55 Å². The lowest BCUT2D eigenvalue weighted by Crippen LogP contribution is -2.15. The molecule has 29 heavy (non-hydrogen) atoms. The van der Waals surface area contributed by atoms with Crippen molar-refractivity contribution in [1.29, 1.82) is 0 Å². The Balaban J connectivity index is 1.72.